The molecule has 118 valence electrons. The second-order valence-electron chi connectivity index (χ2n) is 6.78. The van der Waals surface area contributed by atoms with Crippen molar-refractivity contribution >= 4 is 0 Å². The molecule has 0 saturated heterocycles. The van der Waals surface area contributed by atoms with Crippen LogP contribution in [-0.4, -0.2) is 0 Å². The zero-order valence-corrected chi connectivity index (χ0v) is 12.9. The standard InChI is InChI=1S/C17H24F3N/c1-11(2)13-5-4-8-16(21,10-13)15-7-6-14(9-12(15)3)17(18,19)20/h6-7,9,11,13H,4-5,8,10,21H2,1-3H3. The van der Waals surface area contributed by atoms with Gasteiger partial charge in [0.05, 0.1) is 5.56 Å². The smallest absolute Gasteiger partial charge is 0.321 e. The summed E-state index contributed by atoms with van der Waals surface area (Å²) in [5.74, 6) is 1.11. The topological polar surface area (TPSA) is 26.0 Å². The number of aryl methyl sites for hydroxylation is 1. The van der Waals surface area contributed by atoms with Crippen LogP contribution >= 0.6 is 0 Å². The number of alkyl halides is 3. The summed E-state index contributed by atoms with van der Waals surface area (Å²) in [5.41, 5.74) is 7.03. The van der Waals surface area contributed by atoms with Gasteiger partial charge in [-0.05, 0) is 54.9 Å². The molecule has 0 amide bonds. The Balaban J connectivity index is 2.32. The molecule has 1 aliphatic rings. The number of nitrogens with two attached hydrogens (primary N) is 1. The average molecular weight is 299 g/mol. The monoisotopic (exact) mass is 299 g/mol. The van der Waals surface area contributed by atoms with Crippen LogP contribution in [0.3, 0.4) is 0 Å². The largest absolute Gasteiger partial charge is 0.416 e. The van der Waals surface area contributed by atoms with Crippen molar-refractivity contribution in [1.29, 1.82) is 0 Å². The molecule has 21 heavy (non-hydrogen) atoms. The van der Waals surface area contributed by atoms with Crippen LogP contribution in [0.4, 0.5) is 13.2 Å². The first-order chi connectivity index (χ1) is 9.63. The number of benzene rings is 1. The summed E-state index contributed by atoms with van der Waals surface area (Å²) in [6.45, 7) is 6.12. The van der Waals surface area contributed by atoms with Gasteiger partial charge >= 0.3 is 6.18 Å². The molecule has 1 saturated carbocycles. The van der Waals surface area contributed by atoms with Crippen molar-refractivity contribution in [3.8, 4) is 0 Å². The number of rotatable bonds is 2. The van der Waals surface area contributed by atoms with E-state index in [9.17, 15) is 13.2 Å². The Bertz CT molecular complexity index is 507. The summed E-state index contributed by atoms with van der Waals surface area (Å²) >= 11 is 0. The highest BCUT2D eigenvalue weighted by Gasteiger charge is 2.37. The highest BCUT2D eigenvalue weighted by molar-refractivity contribution is 5.37. The molecular formula is C17H24F3N. The molecule has 2 N–H and O–H groups in total. The summed E-state index contributed by atoms with van der Waals surface area (Å²) in [6, 6.07) is 3.97. The Morgan fingerprint density at radius 3 is 2.48 bits per heavy atom. The minimum Gasteiger partial charge on any atom is -0.321 e. The first-order valence-corrected chi connectivity index (χ1v) is 7.61. The molecule has 1 fully saturated rings. The van der Waals surface area contributed by atoms with Crippen LogP contribution in [0.25, 0.3) is 0 Å². The van der Waals surface area contributed by atoms with Gasteiger partial charge in [0.1, 0.15) is 0 Å². The molecule has 0 heterocycles. The molecule has 2 atom stereocenters. The van der Waals surface area contributed by atoms with E-state index in [-0.39, 0.29) is 0 Å². The summed E-state index contributed by atoms with van der Waals surface area (Å²) < 4.78 is 38.3. The van der Waals surface area contributed by atoms with Gasteiger partial charge in [-0.2, -0.15) is 13.2 Å². The molecule has 0 bridgehead atoms. The molecule has 4 heteroatoms. The fourth-order valence-corrected chi connectivity index (χ4v) is 3.56. The Hall–Kier alpha value is -1.03. The van der Waals surface area contributed by atoms with Crippen LogP contribution in [0, 0.1) is 18.8 Å². The minimum absolute atomic E-state index is 0.485. The minimum atomic E-state index is -4.29. The number of halogens is 3. The third kappa shape index (κ3) is 3.42. The molecule has 2 unspecified atom stereocenters. The van der Waals surface area contributed by atoms with Crippen LogP contribution in [-0.2, 0) is 11.7 Å². The van der Waals surface area contributed by atoms with Crippen LogP contribution in [0.2, 0.25) is 0 Å². The van der Waals surface area contributed by atoms with Gasteiger partial charge < -0.3 is 5.73 Å². The van der Waals surface area contributed by atoms with Gasteiger partial charge in [0, 0.05) is 5.54 Å². The van der Waals surface area contributed by atoms with E-state index < -0.39 is 17.3 Å². The van der Waals surface area contributed by atoms with Gasteiger partial charge in [-0.3, -0.25) is 0 Å². The average Bonchev–Trinajstić information content (AvgIpc) is 2.37. The molecule has 1 aromatic carbocycles. The zero-order valence-electron chi connectivity index (χ0n) is 12.9. The van der Waals surface area contributed by atoms with E-state index in [1.165, 1.54) is 6.07 Å². The van der Waals surface area contributed by atoms with E-state index in [1.807, 2.05) is 0 Å². The van der Waals surface area contributed by atoms with Crippen LogP contribution in [0.15, 0.2) is 18.2 Å². The third-order valence-corrected chi connectivity index (χ3v) is 4.86. The Morgan fingerprint density at radius 1 is 1.29 bits per heavy atom. The van der Waals surface area contributed by atoms with Crippen LogP contribution in [0.5, 0.6) is 0 Å². The van der Waals surface area contributed by atoms with Crippen molar-refractivity contribution in [2.45, 2.75) is 58.2 Å². The first kappa shape index (κ1) is 16.3. The summed E-state index contributed by atoms with van der Waals surface area (Å²) in [7, 11) is 0. The molecule has 1 nitrogen and oxygen atoms in total. The molecule has 0 spiro atoms. The molecule has 2 rings (SSSR count). The number of hydrogen-bond donors (Lipinski definition) is 1. The van der Waals surface area contributed by atoms with Crippen molar-refractivity contribution in [2.24, 2.45) is 17.6 Å². The van der Waals surface area contributed by atoms with E-state index in [2.05, 4.69) is 13.8 Å². The van der Waals surface area contributed by atoms with Gasteiger partial charge in [0.2, 0.25) is 0 Å². The van der Waals surface area contributed by atoms with Crippen molar-refractivity contribution in [2.75, 3.05) is 0 Å². The molecular weight excluding hydrogens is 275 g/mol. The lowest BCUT2D eigenvalue weighted by atomic mass is 9.68. The van der Waals surface area contributed by atoms with Gasteiger partial charge in [-0.25, -0.2) is 0 Å². The lowest BCUT2D eigenvalue weighted by Gasteiger charge is -2.41. The fraction of sp³-hybridized carbons (Fsp3) is 0.647. The zero-order chi connectivity index (χ0) is 15.8. The van der Waals surface area contributed by atoms with E-state index in [4.69, 9.17) is 5.73 Å². The predicted molar refractivity (Wildman–Crippen MR) is 78.8 cm³/mol. The van der Waals surface area contributed by atoms with Crippen molar-refractivity contribution < 1.29 is 13.2 Å². The molecule has 1 aromatic rings. The Morgan fingerprint density at radius 2 is 1.95 bits per heavy atom. The highest BCUT2D eigenvalue weighted by Crippen LogP contribution is 2.42. The van der Waals surface area contributed by atoms with Crippen LogP contribution in [0.1, 0.15) is 56.2 Å². The lowest BCUT2D eigenvalue weighted by Crippen LogP contribution is -2.43. The van der Waals surface area contributed by atoms with Crippen molar-refractivity contribution in [3.63, 3.8) is 0 Å². The van der Waals surface area contributed by atoms with Crippen molar-refractivity contribution in [1.82, 2.24) is 0 Å². The molecule has 1 aliphatic carbocycles. The quantitative estimate of drug-likeness (QED) is 0.815. The molecule has 0 radical (unpaired) electrons. The van der Waals surface area contributed by atoms with Gasteiger partial charge in [-0.15, -0.1) is 0 Å². The van der Waals surface area contributed by atoms with Gasteiger partial charge in [0.15, 0.2) is 0 Å². The maximum Gasteiger partial charge on any atom is 0.416 e. The fourth-order valence-electron chi connectivity index (χ4n) is 3.56. The maximum atomic E-state index is 12.8. The second-order valence-corrected chi connectivity index (χ2v) is 6.78. The van der Waals surface area contributed by atoms with E-state index in [1.54, 1.807) is 13.0 Å². The highest BCUT2D eigenvalue weighted by atomic mass is 19.4. The van der Waals surface area contributed by atoms with E-state index in [0.717, 1.165) is 37.3 Å². The lowest BCUT2D eigenvalue weighted by molar-refractivity contribution is -0.137. The predicted octanol–water partition coefficient (Wildman–Crippen LogP) is 5.01. The maximum absolute atomic E-state index is 12.8. The van der Waals surface area contributed by atoms with Gasteiger partial charge in [-0.1, -0.05) is 32.8 Å². The second kappa shape index (κ2) is 5.64. The normalized spacial score (nSPS) is 27.1. The summed E-state index contributed by atoms with van der Waals surface area (Å²) in [4.78, 5) is 0. The first-order valence-electron chi connectivity index (χ1n) is 7.61. The third-order valence-electron chi connectivity index (χ3n) is 4.86. The summed E-state index contributed by atoms with van der Waals surface area (Å²) in [6.07, 6.45) is -0.381. The SMILES string of the molecule is Cc1cc(C(F)(F)F)ccc1C1(N)CCCC(C(C)C)C1. The molecule has 0 aromatic heterocycles. The van der Waals surface area contributed by atoms with Crippen LogP contribution < -0.4 is 5.73 Å². The Labute approximate surface area is 124 Å². The summed E-state index contributed by atoms with van der Waals surface area (Å²) in [5, 5.41) is 0. The Kier molecular flexibility index (Phi) is 4.39. The van der Waals surface area contributed by atoms with E-state index in [0.29, 0.717) is 17.4 Å². The van der Waals surface area contributed by atoms with Gasteiger partial charge in [0.25, 0.3) is 0 Å². The molecule has 0 aliphatic heterocycles. The van der Waals surface area contributed by atoms with Crippen molar-refractivity contribution in [3.05, 3.63) is 34.9 Å². The van der Waals surface area contributed by atoms with E-state index >= 15 is 0 Å². The number of hydrogen-bond acceptors (Lipinski definition) is 1.